The van der Waals surface area contributed by atoms with Crippen LogP contribution in [0.4, 0.5) is 5.13 Å². The van der Waals surface area contributed by atoms with E-state index in [4.69, 9.17) is 23.9 Å². The first kappa shape index (κ1) is 25.6. The SMILES string of the molecule is CCOc1ccc(C(=O)N(CCCN(C)C)c2nc3c(OC)ccc(OC)c3s2)cc1OCC. The summed E-state index contributed by atoms with van der Waals surface area (Å²) < 4.78 is 23.3. The summed E-state index contributed by atoms with van der Waals surface area (Å²) >= 11 is 1.41. The summed E-state index contributed by atoms with van der Waals surface area (Å²) in [6.07, 6.45) is 0.790. The van der Waals surface area contributed by atoms with E-state index in [0.29, 0.717) is 59.0 Å². The van der Waals surface area contributed by atoms with Crippen molar-refractivity contribution in [3.63, 3.8) is 0 Å². The van der Waals surface area contributed by atoms with Crippen LogP contribution in [0.3, 0.4) is 0 Å². The van der Waals surface area contributed by atoms with Gasteiger partial charge in [-0.1, -0.05) is 11.3 Å². The fourth-order valence-electron chi connectivity index (χ4n) is 3.56. The Morgan fingerprint density at radius 2 is 1.56 bits per heavy atom. The minimum atomic E-state index is -0.153. The zero-order valence-corrected chi connectivity index (χ0v) is 21.5. The van der Waals surface area contributed by atoms with Crippen molar-refractivity contribution in [2.45, 2.75) is 20.3 Å². The highest BCUT2D eigenvalue weighted by Gasteiger charge is 2.24. The highest BCUT2D eigenvalue weighted by molar-refractivity contribution is 7.22. The zero-order chi connectivity index (χ0) is 24.7. The standard InChI is InChI=1S/C25H33N3O5S/c1-7-32-18-11-10-17(16-21(18)33-8-2)24(29)28(15-9-14-27(3)4)25-26-22-19(30-5)12-13-20(31-6)23(22)34-25/h10-13,16H,7-9,14-15H2,1-6H3. The number of aromatic nitrogens is 1. The van der Waals surface area contributed by atoms with Crippen LogP contribution >= 0.6 is 11.3 Å². The molecular formula is C25H33N3O5S. The van der Waals surface area contributed by atoms with Crippen LogP contribution in [0.1, 0.15) is 30.6 Å². The van der Waals surface area contributed by atoms with Gasteiger partial charge in [-0.3, -0.25) is 9.69 Å². The molecule has 0 aliphatic heterocycles. The third kappa shape index (κ3) is 5.71. The lowest BCUT2D eigenvalue weighted by Gasteiger charge is -2.21. The van der Waals surface area contributed by atoms with Crippen LogP contribution in [-0.2, 0) is 0 Å². The number of amides is 1. The number of hydrogen-bond acceptors (Lipinski definition) is 8. The van der Waals surface area contributed by atoms with Crippen molar-refractivity contribution >= 4 is 32.6 Å². The summed E-state index contributed by atoms with van der Waals surface area (Å²) in [7, 11) is 7.26. The summed E-state index contributed by atoms with van der Waals surface area (Å²) in [6, 6.07) is 8.96. The summed E-state index contributed by atoms with van der Waals surface area (Å²) in [5.41, 5.74) is 1.18. The fourth-order valence-corrected chi connectivity index (χ4v) is 4.66. The highest BCUT2D eigenvalue weighted by Crippen LogP contribution is 2.40. The van der Waals surface area contributed by atoms with E-state index in [1.165, 1.54) is 11.3 Å². The summed E-state index contributed by atoms with van der Waals surface area (Å²) in [4.78, 5) is 22.4. The van der Waals surface area contributed by atoms with Gasteiger partial charge in [-0.2, -0.15) is 0 Å². The Labute approximate surface area is 205 Å². The number of rotatable bonds is 12. The number of ether oxygens (including phenoxy) is 4. The molecule has 1 amide bonds. The number of methoxy groups -OCH3 is 2. The quantitative estimate of drug-likeness (QED) is 0.366. The van der Waals surface area contributed by atoms with Crippen LogP contribution in [0.25, 0.3) is 10.2 Å². The number of thiazole rings is 1. The van der Waals surface area contributed by atoms with E-state index in [1.807, 2.05) is 40.1 Å². The molecule has 0 saturated carbocycles. The predicted octanol–water partition coefficient (Wildman–Crippen LogP) is 4.71. The number of carbonyl (C=O) groups excluding carboxylic acids is 1. The molecule has 0 atom stereocenters. The lowest BCUT2D eigenvalue weighted by molar-refractivity contribution is 0.0985. The molecule has 0 aliphatic carbocycles. The Kier molecular flexibility index (Phi) is 8.95. The molecule has 1 heterocycles. The number of benzene rings is 2. The van der Waals surface area contributed by atoms with Crippen molar-refractivity contribution in [3.05, 3.63) is 35.9 Å². The average Bonchev–Trinajstić information content (AvgIpc) is 3.27. The molecule has 9 heteroatoms. The normalized spacial score (nSPS) is 11.0. The molecule has 0 fully saturated rings. The maximum absolute atomic E-state index is 13.8. The van der Waals surface area contributed by atoms with Gasteiger partial charge < -0.3 is 23.8 Å². The summed E-state index contributed by atoms with van der Waals surface area (Å²) in [5.74, 6) is 2.35. The molecule has 0 aliphatic rings. The van der Waals surface area contributed by atoms with E-state index in [-0.39, 0.29) is 5.91 Å². The fraction of sp³-hybridized carbons (Fsp3) is 0.440. The summed E-state index contributed by atoms with van der Waals surface area (Å²) in [5, 5.41) is 0.591. The molecule has 0 spiro atoms. The topological polar surface area (TPSA) is 73.4 Å². The Bertz CT molecular complexity index is 1070. The van der Waals surface area contributed by atoms with Crippen LogP contribution in [0.2, 0.25) is 0 Å². The van der Waals surface area contributed by atoms with Crippen LogP contribution in [0.5, 0.6) is 23.0 Å². The number of nitrogens with zero attached hydrogens (tertiary/aromatic N) is 3. The van der Waals surface area contributed by atoms with Crippen LogP contribution in [-0.4, -0.2) is 70.4 Å². The first-order valence-corrected chi connectivity index (χ1v) is 12.1. The van der Waals surface area contributed by atoms with Crippen LogP contribution in [0, 0.1) is 0 Å². The van der Waals surface area contributed by atoms with E-state index in [9.17, 15) is 4.79 Å². The molecule has 0 radical (unpaired) electrons. The number of hydrogen-bond donors (Lipinski definition) is 0. The molecule has 0 N–H and O–H groups in total. The smallest absolute Gasteiger partial charge is 0.260 e. The highest BCUT2D eigenvalue weighted by atomic mass is 32.1. The van der Waals surface area contributed by atoms with E-state index in [0.717, 1.165) is 17.7 Å². The van der Waals surface area contributed by atoms with Gasteiger partial charge in [0.2, 0.25) is 0 Å². The second-order valence-corrected chi connectivity index (χ2v) is 8.76. The van der Waals surface area contributed by atoms with E-state index < -0.39 is 0 Å². The van der Waals surface area contributed by atoms with Crippen molar-refractivity contribution in [2.24, 2.45) is 0 Å². The minimum absolute atomic E-state index is 0.153. The molecule has 34 heavy (non-hydrogen) atoms. The molecule has 8 nitrogen and oxygen atoms in total. The van der Waals surface area contributed by atoms with Crippen molar-refractivity contribution in [3.8, 4) is 23.0 Å². The maximum Gasteiger partial charge on any atom is 0.260 e. The first-order chi connectivity index (χ1) is 16.4. The molecule has 0 saturated heterocycles. The molecule has 3 rings (SSSR count). The third-order valence-corrected chi connectivity index (χ3v) is 6.25. The Morgan fingerprint density at radius 3 is 2.21 bits per heavy atom. The van der Waals surface area contributed by atoms with Crippen molar-refractivity contribution < 1.29 is 23.7 Å². The van der Waals surface area contributed by atoms with Gasteiger partial charge in [0.05, 0.1) is 27.4 Å². The molecule has 1 aromatic heterocycles. The molecule has 0 unspecified atom stereocenters. The second-order valence-electron chi connectivity index (χ2n) is 7.79. The average molecular weight is 488 g/mol. The lowest BCUT2D eigenvalue weighted by atomic mass is 10.1. The van der Waals surface area contributed by atoms with Gasteiger partial charge in [-0.05, 0) is 71.2 Å². The van der Waals surface area contributed by atoms with Gasteiger partial charge in [0.1, 0.15) is 21.7 Å². The van der Waals surface area contributed by atoms with Crippen molar-refractivity contribution in [1.29, 1.82) is 0 Å². The van der Waals surface area contributed by atoms with Gasteiger partial charge in [0.25, 0.3) is 5.91 Å². The van der Waals surface area contributed by atoms with Crippen LogP contribution in [0.15, 0.2) is 30.3 Å². The van der Waals surface area contributed by atoms with E-state index >= 15 is 0 Å². The number of carbonyl (C=O) groups is 1. The Hall–Kier alpha value is -3.04. The monoisotopic (exact) mass is 487 g/mol. The molecule has 3 aromatic rings. The summed E-state index contributed by atoms with van der Waals surface area (Å²) in [6.45, 7) is 6.16. The van der Waals surface area contributed by atoms with Gasteiger partial charge in [-0.15, -0.1) is 0 Å². The third-order valence-electron chi connectivity index (χ3n) is 5.15. The van der Waals surface area contributed by atoms with Crippen molar-refractivity contribution in [1.82, 2.24) is 9.88 Å². The van der Waals surface area contributed by atoms with E-state index in [2.05, 4.69) is 4.90 Å². The minimum Gasteiger partial charge on any atom is -0.495 e. The number of anilines is 1. The molecule has 0 bridgehead atoms. The van der Waals surface area contributed by atoms with Gasteiger partial charge in [0, 0.05) is 12.1 Å². The first-order valence-electron chi connectivity index (χ1n) is 11.3. The van der Waals surface area contributed by atoms with Gasteiger partial charge in [0.15, 0.2) is 16.6 Å². The second kappa shape index (κ2) is 11.9. The molecular weight excluding hydrogens is 454 g/mol. The molecule has 2 aromatic carbocycles. The van der Waals surface area contributed by atoms with Crippen LogP contribution < -0.4 is 23.8 Å². The number of fused-ring (bicyclic) bond motifs is 1. The Morgan fingerprint density at radius 1 is 0.912 bits per heavy atom. The van der Waals surface area contributed by atoms with E-state index in [1.54, 1.807) is 37.3 Å². The Balaban J connectivity index is 2.04. The van der Waals surface area contributed by atoms with Gasteiger partial charge in [-0.25, -0.2) is 4.98 Å². The maximum atomic E-state index is 13.8. The van der Waals surface area contributed by atoms with Crippen molar-refractivity contribution in [2.75, 3.05) is 59.5 Å². The lowest BCUT2D eigenvalue weighted by Crippen LogP contribution is -2.33. The predicted molar refractivity (Wildman–Crippen MR) is 136 cm³/mol. The van der Waals surface area contributed by atoms with Gasteiger partial charge >= 0.3 is 0 Å². The molecule has 184 valence electrons. The zero-order valence-electron chi connectivity index (χ0n) is 20.7. The largest absolute Gasteiger partial charge is 0.495 e.